The van der Waals surface area contributed by atoms with E-state index in [0.29, 0.717) is 30.7 Å². The Morgan fingerprint density at radius 3 is 2.73 bits per heavy atom. The summed E-state index contributed by atoms with van der Waals surface area (Å²) in [6, 6.07) is 6.46. The van der Waals surface area contributed by atoms with Gasteiger partial charge in [-0.1, -0.05) is 13.8 Å². The number of nitriles is 1. The number of halogens is 3. The molecule has 1 amide bonds. The van der Waals surface area contributed by atoms with Crippen molar-refractivity contribution in [3.63, 3.8) is 0 Å². The van der Waals surface area contributed by atoms with Crippen molar-refractivity contribution in [2.24, 2.45) is 5.92 Å². The van der Waals surface area contributed by atoms with Crippen molar-refractivity contribution in [3.05, 3.63) is 52.7 Å². The first kappa shape index (κ1) is 24.0. The van der Waals surface area contributed by atoms with Crippen LogP contribution in [-0.2, 0) is 15.7 Å². The van der Waals surface area contributed by atoms with E-state index in [2.05, 4.69) is 15.6 Å². The summed E-state index contributed by atoms with van der Waals surface area (Å²) in [6.45, 7) is 4.44. The molecule has 0 aliphatic carbocycles. The SMILES string of the molecule is CC(C)c1cc(Nc2ccc(C#N)c(C(F)(F)F)c2)ncc1C(=O)NCC1CCOC(=O)C1. The number of alkyl halides is 3. The van der Waals surface area contributed by atoms with Gasteiger partial charge < -0.3 is 15.4 Å². The summed E-state index contributed by atoms with van der Waals surface area (Å²) >= 11 is 0. The molecular formula is C23H23F3N4O3. The van der Waals surface area contributed by atoms with Gasteiger partial charge >= 0.3 is 12.1 Å². The molecule has 1 fully saturated rings. The number of esters is 1. The molecular weight excluding hydrogens is 437 g/mol. The summed E-state index contributed by atoms with van der Waals surface area (Å²) in [6.07, 6.45) is -2.37. The van der Waals surface area contributed by atoms with Crippen LogP contribution in [0.15, 0.2) is 30.5 Å². The number of ether oxygens (including phenoxy) is 1. The second kappa shape index (κ2) is 9.90. The molecule has 1 unspecified atom stereocenters. The van der Waals surface area contributed by atoms with E-state index in [1.165, 1.54) is 12.3 Å². The zero-order valence-corrected chi connectivity index (χ0v) is 18.1. The first-order valence-corrected chi connectivity index (χ1v) is 10.4. The van der Waals surface area contributed by atoms with Gasteiger partial charge in [-0.2, -0.15) is 18.4 Å². The van der Waals surface area contributed by atoms with Gasteiger partial charge in [-0.25, -0.2) is 4.98 Å². The van der Waals surface area contributed by atoms with E-state index < -0.39 is 17.3 Å². The lowest BCUT2D eigenvalue weighted by atomic mass is 9.97. The molecule has 2 N–H and O–H groups in total. The molecule has 33 heavy (non-hydrogen) atoms. The van der Waals surface area contributed by atoms with Gasteiger partial charge in [0, 0.05) is 18.4 Å². The van der Waals surface area contributed by atoms with Crippen molar-refractivity contribution >= 4 is 23.4 Å². The number of pyridine rings is 1. The van der Waals surface area contributed by atoms with Gasteiger partial charge in [0.05, 0.1) is 35.8 Å². The van der Waals surface area contributed by atoms with Crippen LogP contribution in [0.5, 0.6) is 0 Å². The molecule has 2 heterocycles. The molecule has 174 valence electrons. The molecule has 1 aromatic carbocycles. The first-order valence-electron chi connectivity index (χ1n) is 10.4. The second-order valence-electron chi connectivity index (χ2n) is 8.10. The van der Waals surface area contributed by atoms with Crippen LogP contribution in [0.4, 0.5) is 24.7 Å². The Bertz CT molecular complexity index is 1090. The van der Waals surface area contributed by atoms with Gasteiger partial charge in [-0.15, -0.1) is 0 Å². The number of anilines is 2. The topological polar surface area (TPSA) is 104 Å². The molecule has 1 aliphatic heterocycles. The van der Waals surface area contributed by atoms with Gasteiger partial charge in [0.2, 0.25) is 0 Å². The van der Waals surface area contributed by atoms with Crippen LogP contribution in [0.3, 0.4) is 0 Å². The summed E-state index contributed by atoms with van der Waals surface area (Å²) in [7, 11) is 0. The van der Waals surface area contributed by atoms with E-state index in [1.54, 1.807) is 12.1 Å². The Kier molecular flexibility index (Phi) is 7.21. The minimum atomic E-state index is -4.67. The molecule has 0 radical (unpaired) electrons. The van der Waals surface area contributed by atoms with Crippen LogP contribution < -0.4 is 10.6 Å². The highest BCUT2D eigenvalue weighted by atomic mass is 19.4. The quantitative estimate of drug-likeness (QED) is 0.614. The maximum absolute atomic E-state index is 13.2. The highest BCUT2D eigenvalue weighted by Crippen LogP contribution is 2.34. The van der Waals surface area contributed by atoms with Gasteiger partial charge in [-0.3, -0.25) is 9.59 Å². The normalized spacial score (nSPS) is 16.2. The third-order valence-corrected chi connectivity index (χ3v) is 5.32. The summed E-state index contributed by atoms with van der Waals surface area (Å²) in [5, 5.41) is 14.6. The molecule has 7 nitrogen and oxygen atoms in total. The number of nitrogens with one attached hydrogen (secondary N) is 2. The third-order valence-electron chi connectivity index (χ3n) is 5.32. The average molecular weight is 460 g/mol. The summed E-state index contributed by atoms with van der Waals surface area (Å²) in [5.41, 5.74) is -0.379. The van der Waals surface area contributed by atoms with E-state index >= 15 is 0 Å². The maximum Gasteiger partial charge on any atom is 0.417 e. The summed E-state index contributed by atoms with van der Waals surface area (Å²) in [5.74, 6) is -0.411. The third kappa shape index (κ3) is 6.00. The van der Waals surface area contributed by atoms with Crippen molar-refractivity contribution in [2.75, 3.05) is 18.5 Å². The lowest BCUT2D eigenvalue weighted by molar-refractivity contribution is -0.149. The Hall–Kier alpha value is -3.61. The molecule has 1 saturated heterocycles. The molecule has 0 saturated carbocycles. The fourth-order valence-electron chi connectivity index (χ4n) is 3.55. The summed E-state index contributed by atoms with van der Waals surface area (Å²) in [4.78, 5) is 28.3. The van der Waals surface area contributed by atoms with Gasteiger partial charge in [0.25, 0.3) is 5.91 Å². The van der Waals surface area contributed by atoms with Crippen LogP contribution in [0.25, 0.3) is 0 Å². The second-order valence-corrected chi connectivity index (χ2v) is 8.10. The van der Waals surface area contributed by atoms with Crippen LogP contribution in [0.1, 0.15) is 59.7 Å². The lowest BCUT2D eigenvalue weighted by Gasteiger charge is -2.22. The predicted molar refractivity (Wildman–Crippen MR) is 114 cm³/mol. The highest BCUT2D eigenvalue weighted by Gasteiger charge is 2.34. The van der Waals surface area contributed by atoms with E-state index in [4.69, 9.17) is 10.00 Å². The van der Waals surface area contributed by atoms with Crippen molar-refractivity contribution in [1.82, 2.24) is 10.3 Å². The highest BCUT2D eigenvalue weighted by molar-refractivity contribution is 5.96. The van der Waals surface area contributed by atoms with Crippen LogP contribution in [0, 0.1) is 17.2 Å². The zero-order chi connectivity index (χ0) is 24.2. The lowest BCUT2D eigenvalue weighted by Crippen LogP contribution is -2.34. The molecule has 2 aromatic rings. The number of hydrogen-bond acceptors (Lipinski definition) is 6. The Morgan fingerprint density at radius 2 is 2.09 bits per heavy atom. The Morgan fingerprint density at radius 1 is 1.33 bits per heavy atom. The maximum atomic E-state index is 13.2. The number of carbonyl (C=O) groups excluding carboxylic acids is 2. The van der Waals surface area contributed by atoms with Crippen LogP contribution in [0.2, 0.25) is 0 Å². The number of aromatic nitrogens is 1. The van der Waals surface area contributed by atoms with Gasteiger partial charge in [-0.05, 0) is 48.1 Å². The number of nitrogens with zero attached hydrogens (tertiary/aromatic N) is 2. The molecule has 1 atom stereocenters. The number of benzene rings is 1. The predicted octanol–water partition coefficient (Wildman–Crippen LogP) is 4.52. The zero-order valence-electron chi connectivity index (χ0n) is 18.1. The number of amides is 1. The van der Waals surface area contributed by atoms with Crippen molar-refractivity contribution in [2.45, 2.75) is 38.8 Å². The Balaban J connectivity index is 1.78. The van der Waals surface area contributed by atoms with Gasteiger partial charge in [0.1, 0.15) is 5.82 Å². The monoisotopic (exact) mass is 460 g/mol. The largest absolute Gasteiger partial charge is 0.466 e. The van der Waals surface area contributed by atoms with Crippen molar-refractivity contribution in [1.29, 1.82) is 5.26 Å². The van der Waals surface area contributed by atoms with Gasteiger partial charge in [0.15, 0.2) is 0 Å². The van der Waals surface area contributed by atoms with Crippen LogP contribution in [-0.4, -0.2) is 30.0 Å². The minimum absolute atomic E-state index is 0.00538. The fraction of sp³-hybridized carbons (Fsp3) is 0.391. The van der Waals surface area contributed by atoms with E-state index in [-0.39, 0.29) is 41.6 Å². The average Bonchev–Trinajstić information content (AvgIpc) is 2.77. The molecule has 0 spiro atoms. The molecule has 3 rings (SSSR count). The van der Waals surface area contributed by atoms with E-state index in [0.717, 1.165) is 12.1 Å². The number of carbonyl (C=O) groups is 2. The summed E-state index contributed by atoms with van der Waals surface area (Å²) < 4.78 is 44.6. The molecule has 1 aliphatic rings. The van der Waals surface area contributed by atoms with Crippen molar-refractivity contribution < 1.29 is 27.5 Å². The molecule has 1 aromatic heterocycles. The standard InChI is InChI=1S/C23H23F3N4O3/c1-13(2)17-9-20(30-16-4-3-15(10-27)19(8-16)23(24,25)26)28-12-18(17)22(32)29-11-14-5-6-33-21(31)7-14/h3-4,8-9,12-14H,5-7,11H2,1-2H3,(H,28,30)(H,29,32). The van der Waals surface area contributed by atoms with Crippen LogP contribution >= 0.6 is 0 Å². The fourth-order valence-corrected chi connectivity index (χ4v) is 3.55. The smallest absolute Gasteiger partial charge is 0.417 e. The first-order chi connectivity index (χ1) is 15.6. The Labute approximate surface area is 189 Å². The number of cyclic esters (lactones) is 1. The van der Waals surface area contributed by atoms with Crippen molar-refractivity contribution in [3.8, 4) is 6.07 Å². The number of hydrogen-bond donors (Lipinski definition) is 2. The molecule has 10 heteroatoms. The minimum Gasteiger partial charge on any atom is -0.466 e. The van der Waals surface area contributed by atoms with E-state index in [1.807, 2.05) is 13.8 Å². The number of rotatable bonds is 6. The molecule has 0 bridgehead atoms. The van der Waals surface area contributed by atoms with E-state index in [9.17, 15) is 22.8 Å².